The van der Waals surface area contributed by atoms with E-state index < -0.39 is 26.8 Å². The standard InChI is InChI=1S/C24H23N3O7S2/c1-2-34-24(29)22-20(15-21(35-22)16-7-5-9-18(13-16)27(30)31)25-23(28)17-8-6-10-19(14-17)36(32,33)26-11-3-4-12-26/h5-10,13-15H,2-4,11-12H2,1H3,(H,25,28). The maximum atomic E-state index is 13.1. The van der Waals surface area contributed by atoms with E-state index in [0.29, 0.717) is 23.5 Å². The molecule has 188 valence electrons. The quantitative estimate of drug-likeness (QED) is 0.257. The molecule has 2 heterocycles. The predicted octanol–water partition coefficient (Wildman–Crippen LogP) is 4.54. The van der Waals surface area contributed by atoms with E-state index >= 15 is 0 Å². The van der Waals surface area contributed by atoms with E-state index in [0.717, 1.165) is 24.2 Å². The Morgan fingerprint density at radius 1 is 1.11 bits per heavy atom. The van der Waals surface area contributed by atoms with Crippen LogP contribution >= 0.6 is 11.3 Å². The zero-order valence-electron chi connectivity index (χ0n) is 19.3. The van der Waals surface area contributed by atoms with Gasteiger partial charge in [-0.1, -0.05) is 18.2 Å². The van der Waals surface area contributed by atoms with Crippen LogP contribution in [0, 0.1) is 10.1 Å². The summed E-state index contributed by atoms with van der Waals surface area (Å²) < 4.78 is 32.3. The van der Waals surface area contributed by atoms with Crippen LogP contribution in [0.4, 0.5) is 11.4 Å². The lowest BCUT2D eigenvalue weighted by atomic mass is 10.1. The number of nitro benzene ring substituents is 1. The van der Waals surface area contributed by atoms with Crippen molar-refractivity contribution in [2.45, 2.75) is 24.7 Å². The number of sulfonamides is 1. The lowest BCUT2D eigenvalue weighted by Gasteiger charge is -2.16. The molecule has 36 heavy (non-hydrogen) atoms. The van der Waals surface area contributed by atoms with Crippen LogP contribution < -0.4 is 5.32 Å². The van der Waals surface area contributed by atoms with Crippen molar-refractivity contribution in [2.75, 3.05) is 25.0 Å². The van der Waals surface area contributed by atoms with Gasteiger partial charge in [0.05, 0.1) is 22.1 Å². The van der Waals surface area contributed by atoms with Gasteiger partial charge in [0.1, 0.15) is 4.88 Å². The van der Waals surface area contributed by atoms with E-state index in [1.807, 2.05) is 0 Å². The number of non-ortho nitro benzene ring substituents is 1. The molecule has 0 spiro atoms. The minimum absolute atomic E-state index is 0.0188. The van der Waals surface area contributed by atoms with Crippen molar-refractivity contribution in [1.29, 1.82) is 0 Å². The lowest BCUT2D eigenvalue weighted by molar-refractivity contribution is -0.384. The van der Waals surface area contributed by atoms with Crippen LogP contribution in [0.25, 0.3) is 10.4 Å². The summed E-state index contributed by atoms with van der Waals surface area (Å²) in [5, 5.41) is 13.8. The van der Waals surface area contributed by atoms with Crippen molar-refractivity contribution in [2.24, 2.45) is 0 Å². The largest absolute Gasteiger partial charge is 0.462 e. The van der Waals surface area contributed by atoms with Crippen molar-refractivity contribution < 1.29 is 27.7 Å². The lowest BCUT2D eigenvalue weighted by Crippen LogP contribution is -2.28. The molecule has 1 aromatic heterocycles. The molecule has 0 unspecified atom stereocenters. The van der Waals surface area contributed by atoms with Gasteiger partial charge in [0.2, 0.25) is 10.0 Å². The van der Waals surface area contributed by atoms with Crippen LogP contribution in [0.15, 0.2) is 59.5 Å². The Morgan fingerprint density at radius 2 is 1.83 bits per heavy atom. The minimum Gasteiger partial charge on any atom is -0.462 e. The molecule has 4 rings (SSSR count). The van der Waals surface area contributed by atoms with Crippen molar-refractivity contribution in [3.8, 4) is 10.4 Å². The summed E-state index contributed by atoms with van der Waals surface area (Å²) in [5.74, 6) is -1.26. The molecular weight excluding hydrogens is 506 g/mol. The number of amides is 1. The van der Waals surface area contributed by atoms with Crippen LogP contribution in [0.3, 0.4) is 0 Å². The van der Waals surface area contributed by atoms with E-state index in [1.54, 1.807) is 19.1 Å². The number of carbonyl (C=O) groups excluding carboxylic acids is 2. The van der Waals surface area contributed by atoms with E-state index in [4.69, 9.17) is 4.74 Å². The normalized spacial score (nSPS) is 13.9. The second kappa shape index (κ2) is 10.6. The summed E-state index contributed by atoms with van der Waals surface area (Å²) in [4.78, 5) is 37.0. The molecule has 0 saturated carbocycles. The summed E-state index contributed by atoms with van der Waals surface area (Å²) in [5.41, 5.74) is 0.657. The number of benzene rings is 2. The highest BCUT2D eigenvalue weighted by Crippen LogP contribution is 2.37. The highest BCUT2D eigenvalue weighted by atomic mass is 32.2. The summed E-state index contributed by atoms with van der Waals surface area (Å²) in [6.07, 6.45) is 1.59. The summed E-state index contributed by atoms with van der Waals surface area (Å²) in [6, 6.07) is 13.2. The van der Waals surface area contributed by atoms with Gasteiger partial charge in [-0.15, -0.1) is 11.3 Å². The van der Waals surface area contributed by atoms with Crippen molar-refractivity contribution in [1.82, 2.24) is 4.31 Å². The third-order valence-corrected chi connectivity index (χ3v) is 8.64. The Bertz CT molecular complexity index is 1430. The molecule has 1 amide bonds. The number of carbonyl (C=O) groups is 2. The SMILES string of the molecule is CCOC(=O)c1sc(-c2cccc([N+](=O)[O-])c2)cc1NC(=O)c1cccc(S(=O)(=O)N2CCCC2)c1. The second-order valence-corrected chi connectivity index (χ2v) is 11.0. The number of hydrogen-bond donors (Lipinski definition) is 1. The van der Waals surface area contributed by atoms with Crippen molar-refractivity contribution in [3.05, 3.63) is 75.2 Å². The number of anilines is 1. The fourth-order valence-electron chi connectivity index (χ4n) is 3.82. The van der Waals surface area contributed by atoms with Gasteiger partial charge in [-0.05, 0) is 49.6 Å². The highest BCUT2D eigenvalue weighted by Gasteiger charge is 2.28. The smallest absolute Gasteiger partial charge is 0.350 e. The molecule has 1 aliphatic rings. The summed E-state index contributed by atoms with van der Waals surface area (Å²) in [6.45, 7) is 2.65. The van der Waals surface area contributed by atoms with Crippen molar-refractivity contribution >= 4 is 44.6 Å². The van der Waals surface area contributed by atoms with Crippen LogP contribution in [0.1, 0.15) is 39.8 Å². The van der Waals surface area contributed by atoms with Gasteiger partial charge >= 0.3 is 5.97 Å². The molecule has 12 heteroatoms. The fraction of sp³-hybridized carbons (Fsp3) is 0.250. The van der Waals surface area contributed by atoms with Crippen LogP contribution in [0.5, 0.6) is 0 Å². The molecule has 0 aliphatic carbocycles. The van der Waals surface area contributed by atoms with E-state index in [1.165, 1.54) is 46.8 Å². The number of hydrogen-bond acceptors (Lipinski definition) is 8. The number of nitrogens with zero attached hydrogens (tertiary/aromatic N) is 2. The molecule has 1 fully saturated rings. The number of ether oxygens (including phenoxy) is 1. The molecule has 0 bridgehead atoms. The van der Waals surface area contributed by atoms with Crippen LogP contribution in [-0.2, 0) is 14.8 Å². The number of thiophene rings is 1. The fourth-order valence-corrected chi connectivity index (χ4v) is 6.38. The topological polar surface area (TPSA) is 136 Å². The van der Waals surface area contributed by atoms with Gasteiger partial charge in [0, 0.05) is 35.7 Å². The van der Waals surface area contributed by atoms with Crippen LogP contribution in [-0.4, -0.2) is 49.2 Å². The number of nitro groups is 1. The second-order valence-electron chi connectivity index (χ2n) is 7.97. The Labute approximate surface area is 211 Å². The average Bonchev–Trinajstić information content (AvgIpc) is 3.55. The molecule has 2 aromatic carbocycles. The molecule has 0 radical (unpaired) electrons. The maximum absolute atomic E-state index is 13.1. The third-order valence-electron chi connectivity index (χ3n) is 5.58. The molecule has 3 aromatic rings. The minimum atomic E-state index is -3.71. The van der Waals surface area contributed by atoms with Gasteiger partial charge in [-0.25, -0.2) is 13.2 Å². The van der Waals surface area contributed by atoms with Crippen molar-refractivity contribution in [3.63, 3.8) is 0 Å². The first-order chi connectivity index (χ1) is 17.2. The Morgan fingerprint density at radius 3 is 2.53 bits per heavy atom. The maximum Gasteiger partial charge on any atom is 0.350 e. The van der Waals surface area contributed by atoms with Gasteiger partial charge < -0.3 is 10.1 Å². The summed E-state index contributed by atoms with van der Waals surface area (Å²) >= 11 is 1.03. The first kappa shape index (κ1) is 25.5. The van der Waals surface area contributed by atoms with Crippen LogP contribution in [0.2, 0.25) is 0 Å². The predicted molar refractivity (Wildman–Crippen MR) is 135 cm³/mol. The summed E-state index contributed by atoms with van der Waals surface area (Å²) in [7, 11) is -3.71. The molecule has 1 saturated heterocycles. The average molecular weight is 530 g/mol. The first-order valence-corrected chi connectivity index (χ1v) is 13.4. The Balaban J connectivity index is 1.65. The first-order valence-electron chi connectivity index (χ1n) is 11.2. The molecule has 1 N–H and O–H groups in total. The Hall–Kier alpha value is -3.61. The molecule has 10 nitrogen and oxygen atoms in total. The monoisotopic (exact) mass is 529 g/mol. The van der Waals surface area contributed by atoms with E-state index in [-0.39, 0.29) is 33.3 Å². The number of nitrogens with one attached hydrogen (secondary N) is 1. The van der Waals surface area contributed by atoms with Gasteiger partial charge in [0.25, 0.3) is 11.6 Å². The number of esters is 1. The molecule has 1 aliphatic heterocycles. The zero-order chi connectivity index (χ0) is 25.9. The van der Waals surface area contributed by atoms with Gasteiger partial charge in [0.15, 0.2) is 0 Å². The Kier molecular flexibility index (Phi) is 7.48. The van der Waals surface area contributed by atoms with E-state index in [9.17, 15) is 28.1 Å². The molecular formula is C24H23N3O7S2. The molecule has 0 atom stereocenters. The van der Waals surface area contributed by atoms with E-state index in [2.05, 4.69) is 5.32 Å². The third kappa shape index (κ3) is 5.30. The number of rotatable bonds is 8. The highest BCUT2D eigenvalue weighted by molar-refractivity contribution is 7.89. The van der Waals surface area contributed by atoms with Gasteiger partial charge in [-0.2, -0.15) is 4.31 Å². The van der Waals surface area contributed by atoms with Gasteiger partial charge in [-0.3, -0.25) is 14.9 Å². The zero-order valence-corrected chi connectivity index (χ0v) is 20.9.